The van der Waals surface area contributed by atoms with E-state index in [-0.39, 0.29) is 16.1 Å². The molecule has 0 aromatic carbocycles. The Morgan fingerprint density at radius 3 is 2.62 bits per heavy atom. The molecule has 7 heteroatoms. The molecule has 88 valence electrons. The molecule has 0 bridgehead atoms. The van der Waals surface area contributed by atoms with Crippen LogP contribution in [0.15, 0.2) is 23.2 Å². The van der Waals surface area contributed by atoms with Crippen molar-refractivity contribution in [1.82, 2.24) is 9.71 Å². The van der Waals surface area contributed by atoms with E-state index in [1.807, 2.05) is 0 Å². The van der Waals surface area contributed by atoms with E-state index in [4.69, 9.17) is 16.7 Å². The molecule has 1 aromatic rings. The SMILES string of the molecule is O=S(=O)(NC1CC(O)C1)c1ccc(Cl)nc1. The van der Waals surface area contributed by atoms with Crippen molar-refractivity contribution in [2.45, 2.75) is 29.9 Å². The van der Waals surface area contributed by atoms with Crippen molar-refractivity contribution < 1.29 is 13.5 Å². The highest BCUT2D eigenvalue weighted by Crippen LogP contribution is 2.22. The Kier molecular flexibility index (Phi) is 3.16. The fraction of sp³-hybridized carbons (Fsp3) is 0.444. The summed E-state index contributed by atoms with van der Waals surface area (Å²) >= 11 is 5.57. The summed E-state index contributed by atoms with van der Waals surface area (Å²) in [6.07, 6.45) is 1.73. The zero-order chi connectivity index (χ0) is 11.8. The van der Waals surface area contributed by atoms with Crippen LogP contribution in [0.3, 0.4) is 0 Å². The summed E-state index contributed by atoms with van der Waals surface area (Å²) in [6.45, 7) is 0. The van der Waals surface area contributed by atoms with Crippen LogP contribution in [-0.2, 0) is 10.0 Å². The standard InChI is InChI=1S/C9H11ClN2O3S/c10-9-2-1-8(5-11-9)16(14,15)12-6-3-7(13)4-6/h1-2,5-7,12-13H,3-4H2. The van der Waals surface area contributed by atoms with Gasteiger partial charge < -0.3 is 5.11 Å². The Hall–Kier alpha value is -0.690. The molecule has 0 spiro atoms. The summed E-state index contributed by atoms with van der Waals surface area (Å²) in [7, 11) is -3.54. The molecule has 1 aromatic heterocycles. The smallest absolute Gasteiger partial charge is 0.242 e. The molecule has 5 nitrogen and oxygen atoms in total. The van der Waals surface area contributed by atoms with E-state index in [0.29, 0.717) is 12.8 Å². The molecular weight excluding hydrogens is 252 g/mol. The Morgan fingerprint density at radius 1 is 1.44 bits per heavy atom. The van der Waals surface area contributed by atoms with Crippen LogP contribution >= 0.6 is 11.6 Å². The molecule has 0 amide bonds. The van der Waals surface area contributed by atoms with Gasteiger partial charge in [0.1, 0.15) is 10.0 Å². The molecule has 1 saturated carbocycles. The number of hydrogen-bond donors (Lipinski definition) is 2. The number of rotatable bonds is 3. The van der Waals surface area contributed by atoms with Crippen LogP contribution in [0.1, 0.15) is 12.8 Å². The van der Waals surface area contributed by atoms with Crippen LogP contribution in [0.5, 0.6) is 0 Å². The van der Waals surface area contributed by atoms with Crippen LogP contribution in [0.4, 0.5) is 0 Å². The van der Waals surface area contributed by atoms with Gasteiger partial charge in [-0.15, -0.1) is 0 Å². The van der Waals surface area contributed by atoms with Gasteiger partial charge in [-0.05, 0) is 25.0 Å². The number of pyridine rings is 1. The second kappa shape index (κ2) is 4.29. The van der Waals surface area contributed by atoms with Crippen LogP contribution < -0.4 is 4.72 Å². The van der Waals surface area contributed by atoms with Crippen molar-refractivity contribution in [3.8, 4) is 0 Å². The first-order chi connectivity index (χ1) is 7.47. The summed E-state index contributed by atoms with van der Waals surface area (Å²) in [4.78, 5) is 3.79. The zero-order valence-electron chi connectivity index (χ0n) is 8.30. The van der Waals surface area contributed by atoms with Gasteiger partial charge in [-0.3, -0.25) is 0 Å². The number of nitrogens with one attached hydrogen (secondary N) is 1. The minimum absolute atomic E-state index is 0.0817. The highest BCUT2D eigenvalue weighted by Gasteiger charge is 2.31. The summed E-state index contributed by atoms with van der Waals surface area (Å²) in [5, 5.41) is 9.31. The van der Waals surface area contributed by atoms with Gasteiger partial charge in [-0.1, -0.05) is 11.6 Å². The number of aliphatic hydroxyl groups is 1. The predicted molar refractivity (Wildman–Crippen MR) is 58.6 cm³/mol. The molecule has 1 aliphatic carbocycles. The van der Waals surface area contributed by atoms with E-state index in [1.165, 1.54) is 18.3 Å². The summed E-state index contributed by atoms with van der Waals surface area (Å²) < 4.78 is 26.0. The van der Waals surface area contributed by atoms with E-state index < -0.39 is 16.1 Å². The summed E-state index contributed by atoms with van der Waals surface area (Å²) in [5.74, 6) is 0. The number of aromatic nitrogens is 1. The van der Waals surface area contributed by atoms with E-state index in [0.717, 1.165) is 0 Å². The van der Waals surface area contributed by atoms with E-state index >= 15 is 0 Å². The molecule has 16 heavy (non-hydrogen) atoms. The fourth-order valence-electron chi connectivity index (χ4n) is 1.49. The fourth-order valence-corrected chi connectivity index (χ4v) is 2.81. The highest BCUT2D eigenvalue weighted by atomic mass is 35.5. The molecular formula is C9H11ClN2O3S. The Morgan fingerprint density at radius 2 is 2.12 bits per heavy atom. The van der Waals surface area contributed by atoms with Crippen molar-refractivity contribution in [3.63, 3.8) is 0 Å². The van der Waals surface area contributed by atoms with Crippen molar-refractivity contribution in [2.75, 3.05) is 0 Å². The molecule has 0 atom stereocenters. The van der Waals surface area contributed by atoms with E-state index in [2.05, 4.69) is 9.71 Å². The second-order valence-electron chi connectivity index (χ2n) is 3.76. The van der Waals surface area contributed by atoms with Crippen molar-refractivity contribution in [1.29, 1.82) is 0 Å². The average Bonchev–Trinajstić information content (AvgIpc) is 2.15. The molecule has 0 aliphatic heterocycles. The highest BCUT2D eigenvalue weighted by molar-refractivity contribution is 7.89. The van der Waals surface area contributed by atoms with Gasteiger partial charge in [0.2, 0.25) is 10.0 Å². The van der Waals surface area contributed by atoms with Crippen LogP contribution in [-0.4, -0.2) is 30.7 Å². The normalized spacial score (nSPS) is 25.1. The lowest BCUT2D eigenvalue weighted by Crippen LogP contribution is -2.46. The minimum atomic E-state index is -3.54. The van der Waals surface area contributed by atoms with Crippen molar-refractivity contribution >= 4 is 21.6 Å². The number of hydrogen-bond acceptors (Lipinski definition) is 4. The second-order valence-corrected chi connectivity index (χ2v) is 5.86. The quantitative estimate of drug-likeness (QED) is 0.779. The molecule has 1 fully saturated rings. The number of halogens is 1. The van der Waals surface area contributed by atoms with Gasteiger partial charge in [0.05, 0.1) is 6.10 Å². The molecule has 2 N–H and O–H groups in total. The molecule has 1 aliphatic rings. The Bertz CT molecular complexity index is 468. The first-order valence-corrected chi connectivity index (χ1v) is 6.65. The lowest BCUT2D eigenvalue weighted by Gasteiger charge is -2.31. The van der Waals surface area contributed by atoms with Gasteiger partial charge in [0.15, 0.2) is 0 Å². The monoisotopic (exact) mass is 262 g/mol. The molecule has 0 saturated heterocycles. The van der Waals surface area contributed by atoms with Gasteiger partial charge in [0.25, 0.3) is 0 Å². The topological polar surface area (TPSA) is 79.3 Å². The lowest BCUT2D eigenvalue weighted by molar-refractivity contribution is 0.0712. The van der Waals surface area contributed by atoms with E-state index in [9.17, 15) is 8.42 Å². The Labute approximate surface area is 98.5 Å². The molecule has 0 radical (unpaired) electrons. The summed E-state index contributed by atoms with van der Waals surface area (Å²) in [5.41, 5.74) is 0. The van der Waals surface area contributed by atoms with Crippen molar-refractivity contribution in [3.05, 3.63) is 23.5 Å². The third-order valence-electron chi connectivity index (χ3n) is 2.45. The minimum Gasteiger partial charge on any atom is -0.393 e. The third-order valence-corrected chi connectivity index (χ3v) is 4.17. The van der Waals surface area contributed by atoms with Gasteiger partial charge in [0, 0.05) is 12.2 Å². The first kappa shape index (κ1) is 11.8. The molecule has 1 heterocycles. The predicted octanol–water partition coefficient (Wildman–Crippen LogP) is 0.537. The zero-order valence-corrected chi connectivity index (χ0v) is 9.87. The molecule has 2 rings (SSSR count). The van der Waals surface area contributed by atoms with Gasteiger partial charge >= 0.3 is 0 Å². The lowest BCUT2D eigenvalue weighted by atomic mass is 9.91. The van der Waals surface area contributed by atoms with E-state index in [1.54, 1.807) is 0 Å². The van der Waals surface area contributed by atoms with Gasteiger partial charge in [-0.25, -0.2) is 18.1 Å². The van der Waals surface area contributed by atoms with Crippen molar-refractivity contribution in [2.24, 2.45) is 0 Å². The van der Waals surface area contributed by atoms with Gasteiger partial charge in [-0.2, -0.15) is 0 Å². The maximum Gasteiger partial charge on any atom is 0.242 e. The number of aliphatic hydroxyl groups excluding tert-OH is 1. The maximum absolute atomic E-state index is 11.8. The average molecular weight is 263 g/mol. The van der Waals surface area contributed by atoms with Crippen LogP contribution in [0.2, 0.25) is 5.15 Å². The Balaban J connectivity index is 2.10. The number of nitrogens with zero attached hydrogens (tertiary/aromatic N) is 1. The summed E-state index contributed by atoms with van der Waals surface area (Å²) in [6, 6.07) is 2.63. The number of sulfonamides is 1. The first-order valence-electron chi connectivity index (χ1n) is 4.79. The third kappa shape index (κ3) is 2.52. The van der Waals surface area contributed by atoms with Crippen LogP contribution in [0, 0.1) is 0 Å². The van der Waals surface area contributed by atoms with Crippen LogP contribution in [0.25, 0.3) is 0 Å². The maximum atomic E-state index is 11.8. The molecule has 0 unspecified atom stereocenters. The largest absolute Gasteiger partial charge is 0.393 e.